The number of rotatable bonds is 6. The normalized spacial score (nSPS) is 18.3. The van der Waals surface area contributed by atoms with Crippen LogP contribution in [0.5, 0.6) is 5.75 Å². The zero-order valence-corrected chi connectivity index (χ0v) is 20.2. The maximum Gasteiger partial charge on any atom is 0.151 e. The van der Waals surface area contributed by atoms with Crippen molar-refractivity contribution in [1.29, 1.82) is 0 Å². The lowest BCUT2D eigenvalue weighted by atomic mass is 9.79. The monoisotopic (exact) mass is 437 g/mol. The molecule has 0 radical (unpaired) electrons. The molecule has 0 spiro atoms. The van der Waals surface area contributed by atoms with E-state index in [2.05, 4.69) is 66.9 Å². The first-order valence-corrected chi connectivity index (χ1v) is 10.9. The first kappa shape index (κ1) is 23.7. The second-order valence-corrected chi connectivity index (χ2v) is 9.74. The highest BCUT2D eigenvalue weighted by Crippen LogP contribution is 2.38. The molecule has 172 valence electrons. The van der Waals surface area contributed by atoms with E-state index in [0.717, 1.165) is 24.2 Å². The van der Waals surface area contributed by atoms with E-state index in [0.29, 0.717) is 28.7 Å². The smallest absolute Gasteiger partial charge is 0.151 e. The molecule has 7 nitrogen and oxygen atoms in total. The number of piperidine rings is 1. The van der Waals surface area contributed by atoms with Crippen molar-refractivity contribution in [3.05, 3.63) is 35.9 Å². The van der Waals surface area contributed by atoms with E-state index < -0.39 is 0 Å². The van der Waals surface area contributed by atoms with Crippen LogP contribution in [0.25, 0.3) is 17.0 Å². The fraction of sp³-hybridized carbons (Fsp3) is 0.480. The molecule has 1 fully saturated rings. The largest absolute Gasteiger partial charge is 0.507 e. The van der Waals surface area contributed by atoms with Crippen LogP contribution in [0.1, 0.15) is 53.0 Å². The van der Waals surface area contributed by atoms with Crippen molar-refractivity contribution in [2.75, 3.05) is 19.1 Å². The van der Waals surface area contributed by atoms with Crippen LogP contribution in [-0.4, -0.2) is 53.3 Å². The summed E-state index contributed by atoms with van der Waals surface area (Å²) < 4.78 is 5.45. The molecule has 0 amide bonds. The van der Waals surface area contributed by atoms with Gasteiger partial charge >= 0.3 is 0 Å². The molecular weight excluding hydrogens is 402 g/mol. The molecule has 1 aliphatic heterocycles. The van der Waals surface area contributed by atoms with Crippen molar-refractivity contribution in [1.82, 2.24) is 15.5 Å². The number of aromatic nitrogens is 2. The fourth-order valence-corrected chi connectivity index (χ4v) is 4.88. The average molecular weight is 438 g/mol. The predicted molar refractivity (Wildman–Crippen MR) is 132 cm³/mol. The van der Waals surface area contributed by atoms with Gasteiger partial charge in [-0.2, -0.15) is 0 Å². The molecule has 0 atom stereocenters. The fourth-order valence-electron chi connectivity index (χ4n) is 4.88. The highest BCUT2D eigenvalue weighted by atomic mass is 16.5. The number of anilines is 1. The zero-order chi connectivity index (χ0) is 23.7. The third-order valence-corrected chi connectivity index (χ3v) is 6.04. The topological polar surface area (TPSA) is 82.9 Å². The van der Waals surface area contributed by atoms with Gasteiger partial charge in [0.1, 0.15) is 11.5 Å². The Morgan fingerprint density at radius 2 is 1.88 bits per heavy atom. The Morgan fingerprint density at radius 3 is 2.38 bits per heavy atom. The van der Waals surface area contributed by atoms with Crippen molar-refractivity contribution in [3.8, 4) is 17.0 Å². The first-order chi connectivity index (χ1) is 15.0. The number of methoxy groups -OCH3 is 1. The van der Waals surface area contributed by atoms with Gasteiger partial charge in [0.25, 0.3) is 0 Å². The Hall–Kier alpha value is -2.93. The van der Waals surface area contributed by atoms with Crippen LogP contribution in [0.4, 0.5) is 11.5 Å². The van der Waals surface area contributed by atoms with Gasteiger partial charge < -0.3 is 20.1 Å². The van der Waals surface area contributed by atoms with E-state index in [1.54, 1.807) is 13.2 Å². The van der Waals surface area contributed by atoms with Crippen LogP contribution in [0.2, 0.25) is 0 Å². The lowest BCUT2D eigenvalue weighted by Crippen LogP contribution is -2.62. The lowest BCUT2D eigenvalue weighted by Gasteiger charge is -2.49. The summed E-state index contributed by atoms with van der Waals surface area (Å²) in [6, 6.07) is 7.57. The van der Waals surface area contributed by atoms with E-state index in [4.69, 9.17) is 4.74 Å². The molecule has 2 heterocycles. The van der Waals surface area contributed by atoms with E-state index in [1.807, 2.05) is 31.2 Å². The molecule has 0 bridgehead atoms. The Morgan fingerprint density at radius 1 is 1.22 bits per heavy atom. The number of benzene rings is 1. The van der Waals surface area contributed by atoms with Gasteiger partial charge in [-0.3, -0.25) is 4.99 Å². The summed E-state index contributed by atoms with van der Waals surface area (Å²) in [6.07, 6.45) is 3.87. The molecule has 1 aromatic heterocycles. The number of nitrogens with one attached hydrogen (secondary N) is 1. The van der Waals surface area contributed by atoms with Gasteiger partial charge in [-0.05, 0) is 78.5 Å². The van der Waals surface area contributed by atoms with Gasteiger partial charge in [-0.25, -0.2) is 0 Å². The Kier molecular flexibility index (Phi) is 6.60. The predicted octanol–water partition coefficient (Wildman–Crippen LogP) is 4.93. The summed E-state index contributed by atoms with van der Waals surface area (Å²) >= 11 is 0. The Balaban J connectivity index is 1.92. The molecule has 2 aromatic rings. The highest BCUT2D eigenvalue weighted by Gasteiger charge is 2.39. The van der Waals surface area contributed by atoms with E-state index in [9.17, 15) is 5.11 Å². The quantitative estimate of drug-likeness (QED) is 0.492. The number of ether oxygens (including phenoxy) is 1. The summed E-state index contributed by atoms with van der Waals surface area (Å²) in [5.41, 5.74) is 2.51. The Bertz CT molecular complexity index is 996. The summed E-state index contributed by atoms with van der Waals surface area (Å²) in [5, 5.41) is 23.2. The van der Waals surface area contributed by atoms with Gasteiger partial charge in [0.2, 0.25) is 0 Å². The van der Waals surface area contributed by atoms with Crippen LogP contribution in [0, 0.1) is 0 Å². The summed E-state index contributed by atoms with van der Waals surface area (Å²) in [6.45, 7) is 14.4. The SMILES string of the molecule is C=Nc1cc(O)c(-c2ccc(N(C)C3CC(C)(C)NC(C)(C)C3)nn2)cc1/C(=C\C)OC. The van der Waals surface area contributed by atoms with Crippen LogP contribution in [-0.2, 0) is 4.74 Å². The molecule has 1 saturated heterocycles. The van der Waals surface area contributed by atoms with Crippen molar-refractivity contribution in [2.24, 2.45) is 4.99 Å². The third-order valence-electron chi connectivity index (χ3n) is 6.04. The van der Waals surface area contributed by atoms with Crippen molar-refractivity contribution in [2.45, 2.75) is 64.6 Å². The minimum atomic E-state index is 0.0447. The first-order valence-electron chi connectivity index (χ1n) is 10.9. The minimum absolute atomic E-state index is 0.0447. The van der Waals surface area contributed by atoms with Crippen LogP contribution in [0.3, 0.4) is 0 Å². The number of hydrogen-bond acceptors (Lipinski definition) is 7. The van der Waals surface area contributed by atoms with Crippen LogP contribution in [0.15, 0.2) is 35.3 Å². The van der Waals surface area contributed by atoms with E-state index in [1.165, 1.54) is 0 Å². The molecule has 0 aliphatic carbocycles. The second-order valence-electron chi connectivity index (χ2n) is 9.74. The minimum Gasteiger partial charge on any atom is -0.507 e. The number of aliphatic imine (C=N–C) groups is 1. The standard InChI is InChI=1S/C25H35N5O2/c1-9-22(32-8)18-12-17(21(31)13-20(18)26-6)19-10-11-23(28-27-19)30(7)16-14-24(2,3)29-25(4,5)15-16/h9-13,16,29,31H,6,14-15H2,1-5,7-8H3/b22-9+. The van der Waals surface area contributed by atoms with Crippen LogP contribution < -0.4 is 10.2 Å². The van der Waals surface area contributed by atoms with Crippen LogP contribution >= 0.6 is 0 Å². The lowest BCUT2D eigenvalue weighted by molar-refractivity contribution is 0.160. The average Bonchev–Trinajstić information content (AvgIpc) is 2.72. The summed E-state index contributed by atoms with van der Waals surface area (Å²) in [4.78, 5) is 6.23. The molecule has 2 N–H and O–H groups in total. The molecule has 0 unspecified atom stereocenters. The van der Waals surface area contributed by atoms with E-state index >= 15 is 0 Å². The number of phenolic OH excluding ortho intramolecular Hbond substituents is 1. The van der Waals surface area contributed by atoms with E-state index in [-0.39, 0.29) is 16.8 Å². The van der Waals surface area contributed by atoms with Gasteiger partial charge in [0, 0.05) is 41.4 Å². The molecule has 32 heavy (non-hydrogen) atoms. The molecule has 7 heteroatoms. The summed E-state index contributed by atoms with van der Waals surface area (Å²) in [5.74, 6) is 1.52. The van der Waals surface area contributed by atoms with Gasteiger partial charge in [-0.15, -0.1) is 10.2 Å². The maximum atomic E-state index is 10.6. The number of allylic oxidation sites excluding steroid dienone is 1. The molecule has 1 aliphatic rings. The third kappa shape index (κ3) is 4.93. The maximum absolute atomic E-state index is 10.6. The number of nitrogens with zero attached hydrogens (tertiary/aromatic N) is 4. The molecule has 1 aromatic carbocycles. The molecule has 0 saturated carbocycles. The summed E-state index contributed by atoms with van der Waals surface area (Å²) in [7, 11) is 3.67. The molecular formula is C25H35N5O2. The zero-order valence-electron chi connectivity index (χ0n) is 20.2. The number of hydrogen-bond donors (Lipinski definition) is 2. The molecule has 3 rings (SSSR count). The van der Waals surface area contributed by atoms with Gasteiger partial charge in [0.15, 0.2) is 5.82 Å². The number of phenols is 1. The van der Waals surface area contributed by atoms with Gasteiger partial charge in [-0.1, -0.05) is 0 Å². The number of aromatic hydroxyl groups is 1. The highest BCUT2D eigenvalue weighted by molar-refractivity contribution is 5.80. The van der Waals surface area contributed by atoms with Gasteiger partial charge in [0.05, 0.1) is 18.5 Å². The van der Waals surface area contributed by atoms with Crippen molar-refractivity contribution >= 4 is 24.0 Å². The van der Waals surface area contributed by atoms with Crippen molar-refractivity contribution < 1.29 is 9.84 Å². The van der Waals surface area contributed by atoms with Crippen molar-refractivity contribution in [3.63, 3.8) is 0 Å². The Labute approximate surface area is 191 Å². The second kappa shape index (κ2) is 8.90.